The molecule has 1 heterocycles. The summed E-state index contributed by atoms with van der Waals surface area (Å²) in [5, 5.41) is 2.69. The van der Waals surface area contributed by atoms with Crippen LogP contribution < -0.4 is 5.32 Å². The van der Waals surface area contributed by atoms with E-state index in [1.54, 1.807) is 4.90 Å². The molecule has 3 fully saturated rings. The van der Waals surface area contributed by atoms with Gasteiger partial charge >= 0.3 is 12.1 Å². The van der Waals surface area contributed by atoms with E-state index in [9.17, 15) is 19.2 Å². The molecule has 1 unspecified atom stereocenters. The molecular weight excluding hydrogens is 461 g/mol. The quantitative estimate of drug-likeness (QED) is 0.266. The summed E-state index contributed by atoms with van der Waals surface area (Å²) < 4.78 is 11.0. The first-order valence-electron chi connectivity index (χ1n) is 13.3. The molecule has 4 aliphatic rings. The number of esters is 1. The Morgan fingerprint density at radius 1 is 1.03 bits per heavy atom. The van der Waals surface area contributed by atoms with Crippen LogP contribution in [0.25, 0.3) is 0 Å². The molecule has 1 N–H and O–H groups in total. The lowest BCUT2D eigenvalue weighted by atomic mass is 10.0. The largest absolute Gasteiger partial charge is 0.464 e. The number of hydrogen-bond donors (Lipinski definition) is 1. The average molecular weight is 499 g/mol. The molecule has 3 aliphatic carbocycles. The normalized spacial score (nSPS) is 28.3. The van der Waals surface area contributed by atoms with Crippen molar-refractivity contribution in [1.29, 1.82) is 0 Å². The fourth-order valence-corrected chi connectivity index (χ4v) is 5.44. The number of nitrogens with one attached hydrogen (secondary N) is 1. The van der Waals surface area contributed by atoms with Gasteiger partial charge in [0.2, 0.25) is 5.91 Å². The van der Waals surface area contributed by atoms with Crippen LogP contribution in [0.2, 0.25) is 0 Å². The van der Waals surface area contributed by atoms with E-state index in [1.807, 2.05) is 11.8 Å². The van der Waals surface area contributed by atoms with E-state index in [1.165, 1.54) is 7.85 Å². The number of alkyl carbamates (subject to hydrolysis) is 1. The maximum Gasteiger partial charge on any atom is 0.407 e. The van der Waals surface area contributed by atoms with Gasteiger partial charge in [0.1, 0.15) is 6.61 Å². The molecule has 2 saturated carbocycles. The molecule has 4 rings (SSSR count). The zero-order valence-corrected chi connectivity index (χ0v) is 21.6. The van der Waals surface area contributed by atoms with Gasteiger partial charge in [-0.15, -0.1) is 11.8 Å². The lowest BCUT2D eigenvalue weighted by Crippen LogP contribution is -2.57. The molecule has 1 aliphatic heterocycles. The van der Waals surface area contributed by atoms with Gasteiger partial charge in [-0.3, -0.25) is 14.5 Å². The van der Waals surface area contributed by atoms with Crippen molar-refractivity contribution in [3.63, 3.8) is 0 Å². The number of carbonyl (C=O) groups is 4. The summed E-state index contributed by atoms with van der Waals surface area (Å²) in [7, 11) is 1.53. The lowest BCUT2D eigenvalue weighted by molar-refractivity contribution is -0.152. The van der Waals surface area contributed by atoms with E-state index < -0.39 is 6.09 Å². The third-order valence-electron chi connectivity index (χ3n) is 8.14. The van der Waals surface area contributed by atoms with E-state index in [2.05, 4.69) is 17.2 Å². The van der Waals surface area contributed by atoms with Gasteiger partial charge < -0.3 is 24.5 Å². The van der Waals surface area contributed by atoms with Gasteiger partial charge in [-0.2, -0.15) is 0 Å². The van der Waals surface area contributed by atoms with E-state index in [0.717, 1.165) is 38.5 Å². The first kappa shape index (κ1) is 26.5. The van der Waals surface area contributed by atoms with Gasteiger partial charge in [-0.05, 0) is 50.4 Å². The summed E-state index contributed by atoms with van der Waals surface area (Å²) in [5.41, 5.74) is -0.340. The molecule has 0 radical (unpaired) electrons. The van der Waals surface area contributed by atoms with Crippen molar-refractivity contribution in [2.45, 2.75) is 57.9 Å². The van der Waals surface area contributed by atoms with Gasteiger partial charge in [-0.1, -0.05) is 0 Å². The third kappa shape index (κ3) is 7.03. The number of ether oxygens (including phenoxy) is 2. The van der Waals surface area contributed by atoms with Crippen molar-refractivity contribution in [3.05, 3.63) is 0 Å². The molecule has 2 amide bonds. The Kier molecular flexibility index (Phi) is 8.60. The van der Waals surface area contributed by atoms with Crippen molar-refractivity contribution in [1.82, 2.24) is 15.1 Å². The van der Waals surface area contributed by atoms with E-state index in [0.29, 0.717) is 44.0 Å². The van der Waals surface area contributed by atoms with Crippen LogP contribution in [-0.4, -0.2) is 93.3 Å². The Morgan fingerprint density at radius 3 is 2.36 bits per heavy atom. The molecule has 36 heavy (non-hydrogen) atoms. The molecular formula is C26H38BN3O6. The standard InChI is InChI=1S/C26H38BN3O6/c1-26(9-10-26)24(33)35-16-18-14-30(13-12-29(18)15-22(27)31)23(32)8-11-28-25(34)36-17-21-19-6-4-2-3-5-7-20(19)21/h18-21H,4-17,27H2,1H3,(H,28,34)/t18?,19-,20+,21-. The van der Waals surface area contributed by atoms with Gasteiger partial charge in [0.05, 0.1) is 23.7 Å². The first-order valence-corrected chi connectivity index (χ1v) is 13.3. The predicted molar refractivity (Wildman–Crippen MR) is 134 cm³/mol. The smallest absolute Gasteiger partial charge is 0.407 e. The topological polar surface area (TPSA) is 105 Å². The Bertz CT molecular complexity index is 908. The maximum atomic E-state index is 12.8. The van der Waals surface area contributed by atoms with Crippen molar-refractivity contribution in [2.75, 3.05) is 45.9 Å². The molecule has 1 saturated heterocycles. The van der Waals surface area contributed by atoms with Crippen molar-refractivity contribution in [2.24, 2.45) is 23.2 Å². The minimum absolute atomic E-state index is 0.0351. The second-order valence-corrected chi connectivity index (χ2v) is 11.0. The van der Waals surface area contributed by atoms with E-state index >= 15 is 0 Å². The monoisotopic (exact) mass is 499 g/mol. The summed E-state index contributed by atoms with van der Waals surface area (Å²) in [6.07, 6.45) is 5.38. The van der Waals surface area contributed by atoms with E-state index in [-0.39, 0.29) is 55.1 Å². The molecule has 196 valence electrons. The third-order valence-corrected chi connectivity index (χ3v) is 8.14. The Balaban J connectivity index is 1.16. The fraction of sp³-hybridized carbons (Fsp3) is 0.769. The minimum Gasteiger partial charge on any atom is -0.464 e. The SMILES string of the molecule is BC(=O)CN1CCN(C(=O)CCNC(=O)OC[C@@H]2[C@@H]3CCC#CCC[C@@H]32)CC1COC(=O)C1(C)CC1. The molecule has 0 aromatic carbocycles. The minimum atomic E-state index is -0.483. The van der Waals surface area contributed by atoms with Crippen LogP contribution in [0.5, 0.6) is 0 Å². The Morgan fingerprint density at radius 2 is 1.72 bits per heavy atom. The molecule has 10 heteroatoms. The van der Waals surface area contributed by atoms with Crippen molar-refractivity contribution >= 4 is 31.5 Å². The summed E-state index contributed by atoms with van der Waals surface area (Å²) >= 11 is 0. The highest BCUT2D eigenvalue weighted by molar-refractivity contribution is 6.58. The second kappa shape index (κ2) is 11.7. The number of carbonyl (C=O) groups excluding carboxylic acids is 4. The van der Waals surface area contributed by atoms with E-state index in [4.69, 9.17) is 9.47 Å². The Labute approximate surface area is 214 Å². The maximum absolute atomic E-state index is 12.8. The van der Waals surface area contributed by atoms with Crippen molar-refractivity contribution < 1.29 is 28.7 Å². The van der Waals surface area contributed by atoms with Gasteiger partial charge in [0, 0.05) is 52.0 Å². The predicted octanol–water partition coefficient (Wildman–Crippen LogP) is 0.558. The molecule has 0 aromatic rings. The highest BCUT2D eigenvalue weighted by Gasteiger charge is 2.49. The molecule has 0 aromatic heterocycles. The Hall–Kier alpha value is -2.54. The highest BCUT2D eigenvalue weighted by atomic mass is 16.5. The van der Waals surface area contributed by atoms with Crippen LogP contribution in [0, 0.1) is 35.0 Å². The number of rotatable bonds is 10. The summed E-state index contributed by atoms with van der Waals surface area (Å²) in [6.45, 7) is 4.36. The van der Waals surface area contributed by atoms with Gasteiger partial charge in [0.25, 0.3) is 0 Å². The second-order valence-electron chi connectivity index (χ2n) is 11.0. The number of piperazine rings is 1. The van der Waals surface area contributed by atoms with Crippen LogP contribution in [-0.2, 0) is 23.9 Å². The average Bonchev–Trinajstić information content (AvgIpc) is 3.73. The summed E-state index contributed by atoms with van der Waals surface area (Å²) in [6, 6.07) is -0.225. The zero-order chi connectivity index (χ0) is 25.7. The zero-order valence-electron chi connectivity index (χ0n) is 21.6. The number of nitrogens with zero attached hydrogens (tertiary/aromatic N) is 2. The number of amides is 2. The highest BCUT2D eigenvalue weighted by Crippen LogP contribution is 2.52. The van der Waals surface area contributed by atoms with Crippen LogP contribution in [0.3, 0.4) is 0 Å². The van der Waals surface area contributed by atoms with Crippen LogP contribution in [0.4, 0.5) is 4.79 Å². The van der Waals surface area contributed by atoms with Crippen LogP contribution >= 0.6 is 0 Å². The molecule has 0 bridgehead atoms. The fourth-order valence-electron chi connectivity index (χ4n) is 5.44. The van der Waals surface area contributed by atoms with Crippen LogP contribution in [0.1, 0.15) is 51.9 Å². The van der Waals surface area contributed by atoms with Gasteiger partial charge in [0.15, 0.2) is 7.85 Å². The van der Waals surface area contributed by atoms with Crippen LogP contribution in [0.15, 0.2) is 0 Å². The summed E-state index contributed by atoms with van der Waals surface area (Å²) in [5.74, 6) is 7.75. The summed E-state index contributed by atoms with van der Waals surface area (Å²) in [4.78, 5) is 52.6. The van der Waals surface area contributed by atoms with Crippen molar-refractivity contribution in [3.8, 4) is 11.8 Å². The number of fused-ring (bicyclic) bond motifs is 1. The molecule has 9 nitrogen and oxygen atoms in total. The number of hydrogen-bond acceptors (Lipinski definition) is 7. The lowest BCUT2D eigenvalue weighted by Gasteiger charge is -2.41. The molecule has 0 spiro atoms. The molecule has 4 atom stereocenters. The first-order chi connectivity index (χ1) is 17.3. The van der Waals surface area contributed by atoms with Gasteiger partial charge in [-0.25, -0.2) is 4.79 Å².